The average molecular weight is 217 g/mol. The van der Waals surface area contributed by atoms with Gasteiger partial charge in [0, 0.05) is 25.7 Å². The number of likely N-dealkylation sites (N-methyl/N-ethyl adjacent to an activating group) is 1. The van der Waals surface area contributed by atoms with Crippen molar-refractivity contribution < 1.29 is 4.74 Å². The van der Waals surface area contributed by atoms with E-state index in [1.54, 1.807) is 0 Å². The molecule has 0 aliphatic carbocycles. The Hall–Kier alpha value is 0.460. The van der Waals surface area contributed by atoms with E-state index in [-0.39, 0.29) is 37.0 Å². The van der Waals surface area contributed by atoms with Crippen LogP contribution in [-0.4, -0.2) is 43.8 Å². The molecule has 76 valence electrons. The van der Waals surface area contributed by atoms with Crippen molar-refractivity contribution in [1.29, 1.82) is 0 Å². The van der Waals surface area contributed by atoms with Gasteiger partial charge >= 0.3 is 0 Å². The lowest BCUT2D eigenvalue weighted by Crippen LogP contribution is -2.35. The molecule has 0 radical (unpaired) electrons. The molecule has 0 aromatic carbocycles. The Balaban J connectivity index is 0. The Bertz CT molecular complexity index is 116. The van der Waals surface area contributed by atoms with Gasteiger partial charge in [-0.15, -0.1) is 24.8 Å². The molecule has 1 aliphatic heterocycles. The second kappa shape index (κ2) is 6.92. The molecule has 2 atom stereocenters. The molecule has 0 aromatic rings. The van der Waals surface area contributed by atoms with Crippen molar-refractivity contribution in [3.63, 3.8) is 0 Å². The lowest BCUT2D eigenvalue weighted by molar-refractivity contribution is 0.0619. The van der Waals surface area contributed by atoms with E-state index < -0.39 is 0 Å². The minimum atomic E-state index is 0. The second-order valence-corrected chi connectivity index (χ2v) is 2.88. The molecule has 1 heterocycles. The highest BCUT2D eigenvalue weighted by Gasteiger charge is 2.27. The van der Waals surface area contributed by atoms with Gasteiger partial charge in [0.2, 0.25) is 0 Å². The normalized spacial score (nSPS) is 29.2. The third-order valence-electron chi connectivity index (χ3n) is 1.87. The molecule has 0 aromatic heterocycles. The van der Waals surface area contributed by atoms with Gasteiger partial charge in [0.1, 0.15) is 0 Å². The first-order valence-corrected chi connectivity index (χ1v) is 3.79. The van der Waals surface area contributed by atoms with Gasteiger partial charge in [0.05, 0.1) is 6.10 Å². The van der Waals surface area contributed by atoms with E-state index >= 15 is 0 Å². The fourth-order valence-electron chi connectivity index (χ4n) is 1.38. The van der Waals surface area contributed by atoms with Crippen LogP contribution in [0, 0.1) is 0 Å². The van der Waals surface area contributed by atoms with Crippen molar-refractivity contribution in [2.24, 2.45) is 5.73 Å². The van der Waals surface area contributed by atoms with Crippen LogP contribution in [0.2, 0.25) is 0 Å². The summed E-state index contributed by atoms with van der Waals surface area (Å²) in [5, 5.41) is 0. The van der Waals surface area contributed by atoms with Gasteiger partial charge in [-0.1, -0.05) is 0 Å². The van der Waals surface area contributed by atoms with Crippen LogP contribution < -0.4 is 5.73 Å². The maximum absolute atomic E-state index is 5.79. The van der Waals surface area contributed by atoms with E-state index in [4.69, 9.17) is 10.5 Å². The van der Waals surface area contributed by atoms with Crippen LogP contribution in [-0.2, 0) is 4.74 Å². The van der Waals surface area contributed by atoms with Gasteiger partial charge in [0.25, 0.3) is 0 Å². The standard InChI is InChI=1S/C7H16N2O.2ClH/c1-3-10-7-5-9(2)4-6(7)8;;/h6-7H,3-5,8H2,1-2H3;2*1H. The lowest BCUT2D eigenvalue weighted by Gasteiger charge is -2.13. The summed E-state index contributed by atoms with van der Waals surface area (Å²) in [5.74, 6) is 0. The molecule has 0 bridgehead atoms. The number of hydrogen-bond donors (Lipinski definition) is 1. The Morgan fingerprint density at radius 2 is 2.00 bits per heavy atom. The van der Waals surface area contributed by atoms with Gasteiger partial charge in [-0.3, -0.25) is 0 Å². The first-order valence-electron chi connectivity index (χ1n) is 3.79. The average Bonchev–Trinajstić information content (AvgIpc) is 2.13. The number of hydrogen-bond acceptors (Lipinski definition) is 3. The largest absolute Gasteiger partial charge is 0.376 e. The highest BCUT2D eigenvalue weighted by Crippen LogP contribution is 2.08. The van der Waals surface area contributed by atoms with Crippen molar-refractivity contribution >= 4 is 24.8 Å². The maximum Gasteiger partial charge on any atom is 0.0864 e. The first kappa shape index (κ1) is 15.0. The second-order valence-electron chi connectivity index (χ2n) is 2.88. The third-order valence-corrected chi connectivity index (χ3v) is 1.87. The van der Waals surface area contributed by atoms with Crippen LogP contribution in [0.25, 0.3) is 0 Å². The Labute approximate surface area is 86.4 Å². The molecule has 0 amide bonds. The van der Waals surface area contributed by atoms with E-state index in [0.29, 0.717) is 0 Å². The molecule has 1 saturated heterocycles. The van der Waals surface area contributed by atoms with Crippen LogP contribution >= 0.6 is 24.8 Å². The highest BCUT2D eigenvalue weighted by atomic mass is 35.5. The van der Waals surface area contributed by atoms with Crippen molar-refractivity contribution in [3.8, 4) is 0 Å². The molecule has 0 spiro atoms. The minimum absolute atomic E-state index is 0. The van der Waals surface area contributed by atoms with Crippen molar-refractivity contribution in [3.05, 3.63) is 0 Å². The number of halogens is 2. The Kier molecular flexibility index (Phi) is 8.63. The van der Waals surface area contributed by atoms with E-state index in [1.807, 2.05) is 6.92 Å². The monoisotopic (exact) mass is 216 g/mol. The zero-order valence-electron chi connectivity index (χ0n) is 7.53. The first-order chi connectivity index (χ1) is 4.74. The SMILES string of the molecule is CCOC1CN(C)CC1N.Cl.Cl. The Morgan fingerprint density at radius 3 is 2.33 bits per heavy atom. The topological polar surface area (TPSA) is 38.5 Å². The molecule has 1 aliphatic rings. The molecule has 2 N–H and O–H groups in total. The molecular weight excluding hydrogens is 199 g/mol. The van der Waals surface area contributed by atoms with E-state index in [1.165, 1.54) is 0 Å². The zero-order chi connectivity index (χ0) is 7.56. The molecule has 2 unspecified atom stereocenters. The molecular formula is C7H18Cl2N2O. The lowest BCUT2D eigenvalue weighted by atomic mass is 10.2. The van der Waals surface area contributed by atoms with Crippen LogP contribution in [0.4, 0.5) is 0 Å². The molecule has 3 nitrogen and oxygen atoms in total. The number of likely N-dealkylation sites (tertiary alicyclic amines) is 1. The fourth-order valence-corrected chi connectivity index (χ4v) is 1.38. The predicted octanol–water partition coefficient (Wildman–Crippen LogP) is 0.508. The van der Waals surface area contributed by atoms with Gasteiger partial charge in [0.15, 0.2) is 0 Å². The van der Waals surface area contributed by atoms with Crippen LogP contribution in [0.3, 0.4) is 0 Å². The summed E-state index contributed by atoms with van der Waals surface area (Å²) >= 11 is 0. The zero-order valence-corrected chi connectivity index (χ0v) is 9.16. The van der Waals surface area contributed by atoms with Crippen molar-refractivity contribution in [1.82, 2.24) is 4.90 Å². The van der Waals surface area contributed by atoms with Crippen molar-refractivity contribution in [2.75, 3.05) is 26.7 Å². The predicted molar refractivity (Wildman–Crippen MR) is 55.4 cm³/mol. The maximum atomic E-state index is 5.79. The summed E-state index contributed by atoms with van der Waals surface area (Å²) in [6.07, 6.45) is 0.259. The van der Waals surface area contributed by atoms with Gasteiger partial charge in [-0.2, -0.15) is 0 Å². The molecule has 1 rings (SSSR count). The van der Waals surface area contributed by atoms with Crippen LogP contribution in [0.15, 0.2) is 0 Å². The third kappa shape index (κ3) is 3.92. The number of ether oxygens (including phenoxy) is 1. The molecule has 12 heavy (non-hydrogen) atoms. The van der Waals surface area contributed by atoms with Crippen LogP contribution in [0.1, 0.15) is 6.92 Å². The van der Waals surface area contributed by atoms with Gasteiger partial charge < -0.3 is 15.4 Å². The number of nitrogens with zero attached hydrogens (tertiary/aromatic N) is 1. The molecule has 5 heteroatoms. The van der Waals surface area contributed by atoms with Crippen LogP contribution in [0.5, 0.6) is 0 Å². The fraction of sp³-hybridized carbons (Fsp3) is 1.00. The van der Waals surface area contributed by atoms with Gasteiger partial charge in [-0.25, -0.2) is 0 Å². The summed E-state index contributed by atoms with van der Waals surface area (Å²) in [6, 6.07) is 0.213. The highest BCUT2D eigenvalue weighted by molar-refractivity contribution is 5.85. The minimum Gasteiger partial charge on any atom is -0.376 e. The van der Waals surface area contributed by atoms with E-state index in [9.17, 15) is 0 Å². The summed E-state index contributed by atoms with van der Waals surface area (Å²) in [4.78, 5) is 2.20. The van der Waals surface area contributed by atoms with Gasteiger partial charge in [-0.05, 0) is 14.0 Å². The molecule has 1 fully saturated rings. The van der Waals surface area contributed by atoms with E-state index in [0.717, 1.165) is 19.7 Å². The van der Waals surface area contributed by atoms with E-state index in [2.05, 4.69) is 11.9 Å². The summed E-state index contributed by atoms with van der Waals surface area (Å²) in [5.41, 5.74) is 5.79. The Morgan fingerprint density at radius 1 is 1.42 bits per heavy atom. The summed E-state index contributed by atoms with van der Waals surface area (Å²) in [7, 11) is 2.07. The number of rotatable bonds is 2. The number of nitrogens with two attached hydrogens (primary N) is 1. The quantitative estimate of drug-likeness (QED) is 0.732. The molecule has 0 saturated carbocycles. The smallest absolute Gasteiger partial charge is 0.0864 e. The summed E-state index contributed by atoms with van der Waals surface area (Å²) in [6.45, 7) is 4.72. The summed E-state index contributed by atoms with van der Waals surface area (Å²) < 4.78 is 5.42. The van der Waals surface area contributed by atoms with Crippen molar-refractivity contribution in [2.45, 2.75) is 19.1 Å².